The lowest BCUT2D eigenvalue weighted by molar-refractivity contribution is -0.113. The van der Waals surface area contributed by atoms with Crippen molar-refractivity contribution < 1.29 is 4.79 Å². The molecule has 1 aromatic heterocycles. The molecule has 6 heteroatoms. The molecule has 0 atom stereocenters. The first kappa shape index (κ1) is 18.3. The van der Waals surface area contributed by atoms with Crippen LogP contribution in [0.3, 0.4) is 0 Å². The van der Waals surface area contributed by atoms with E-state index in [1.807, 2.05) is 36.6 Å². The molecule has 0 aliphatic rings. The minimum atomic E-state index is -0.0498. The Morgan fingerprint density at radius 3 is 2.75 bits per heavy atom. The second-order valence-electron chi connectivity index (χ2n) is 6.05. The quantitative estimate of drug-likeness (QED) is 0.610. The number of allylic oxidation sites excluding steroid dienone is 1. The molecule has 0 saturated heterocycles. The van der Waals surface area contributed by atoms with Gasteiger partial charge >= 0.3 is 0 Å². The highest BCUT2D eigenvalue weighted by Crippen LogP contribution is 2.22. The highest BCUT2D eigenvalue weighted by atomic mass is 32.2. The lowest BCUT2D eigenvalue weighted by Crippen LogP contribution is -2.15. The second-order valence-corrected chi connectivity index (χ2v) is 6.99. The molecule has 0 fully saturated rings. The first-order chi connectivity index (χ1) is 11.4. The Bertz CT molecular complexity index is 737. The minimum absolute atomic E-state index is 0.0498. The normalized spacial score (nSPS) is 10.9. The summed E-state index contributed by atoms with van der Waals surface area (Å²) in [6.07, 6.45) is 1.81. The molecule has 0 spiro atoms. The van der Waals surface area contributed by atoms with E-state index < -0.39 is 0 Å². The van der Waals surface area contributed by atoms with Crippen LogP contribution in [-0.4, -0.2) is 26.4 Å². The van der Waals surface area contributed by atoms with E-state index in [1.54, 1.807) is 0 Å². The number of aryl methyl sites for hydroxylation is 2. The van der Waals surface area contributed by atoms with Crippen LogP contribution in [0.5, 0.6) is 0 Å². The summed E-state index contributed by atoms with van der Waals surface area (Å²) in [7, 11) is 0. The molecule has 2 aromatic rings. The van der Waals surface area contributed by atoms with Crippen molar-refractivity contribution in [2.45, 2.75) is 45.3 Å². The van der Waals surface area contributed by atoms with Crippen LogP contribution in [0.2, 0.25) is 0 Å². The fourth-order valence-electron chi connectivity index (χ4n) is 2.40. The van der Waals surface area contributed by atoms with Gasteiger partial charge < -0.3 is 9.88 Å². The molecule has 1 amide bonds. The lowest BCUT2D eigenvalue weighted by Gasteiger charge is -2.10. The molecule has 1 aromatic carbocycles. The van der Waals surface area contributed by atoms with Crippen molar-refractivity contribution in [2.24, 2.45) is 0 Å². The maximum atomic E-state index is 12.2. The maximum Gasteiger partial charge on any atom is 0.234 e. The highest BCUT2D eigenvalue weighted by Gasteiger charge is 2.15. The maximum absolute atomic E-state index is 12.2. The summed E-state index contributed by atoms with van der Waals surface area (Å²) in [5, 5.41) is 12.1. The summed E-state index contributed by atoms with van der Waals surface area (Å²) in [4.78, 5) is 12.2. The number of nitrogens with zero attached hydrogens (tertiary/aromatic N) is 3. The number of benzene rings is 1. The van der Waals surface area contributed by atoms with Crippen molar-refractivity contribution >= 4 is 23.4 Å². The van der Waals surface area contributed by atoms with Gasteiger partial charge in [-0.1, -0.05) is 49.4 Å². The fourth-order valence-corrected chi connectivity index (χ4v) is 3.16. The monoisotopic (exact) mass is 344 g/mol. The number of hydrogen-bond donors (Lipinski definition) is 1. The van der Waals surface area contributed by atoms with Gasteiger partial charge in [-0.3, -0.25) is 4.79 Å². The van der Waals surface area contributed by atoms with Crippen LogP contribution in [0, 0.1) is 13.8 Å². The van der Waals surface area contributed by atoms with Gasteiger partial charge in [-0.05, 0) is 25.5 Å². The third kappa shape index (κ3) is 4.47. The van der Waals surface area contributed by atoms with Crippen molar-refractivity contribution in [3.05, 3.63) is 47.8 Å². The van der Waals surface area contributed by atoms with Gasteiger partial charge in [0, 0.05) is 18.2 Å². The molecule has 0 unspecified atom stereocenters. The van der Waals surface area contributed by atoms with E-state index in [9.17, 15) is 4.79 Å². The summed E-state index contributed by atoms with van der Waals surface area (Å²) < 4.78 is 2.01. The van der Waals surface area contributed by atoms with Gasteiger partial charge in [0.2, 0.25) is 5.91 Å². The van der Waals surface area contributed by atoms with Crippen molar-refractivity contribution in [1.29, 1.82) is 0 Å². The Hall–Kier alpha value is -2.08. The smallest absolute Gasteiger partial charge is 0.234 e. The Kier molecular flexibility index (Phi) is 6.20. The second kappa shape index (κ2) is 8.15. The fraction of sp³-hybridized carbons (Fsp3) is 0.389. The van der Waals surface area contributed by atoms with E-state index >= 15 is 0 Å². The minimum Gasteiger partial charge on any atom is -0.325 e. The molecule has 0 radical (unpaired) electrons. The van der Waals surface area contributed by atoms with Crippen LogP contribution in [-0.2, 0) is 11.3 Å². The van der Waals surface area contributed by atoms with E-state index in [4.69, 9.17) is 0 Å². The number of nitrogens with one attached hydrogen (secondary N) is 1. The van der Waals surface area contributed by atoms with Crippen molar-refractivity contribution in [3.8, 4) is 0 Å². The van der Waals surface area contributed by atoms with E-state index in [0.29, 0.717) is 12.3 Å². The number of carbonyl (C=O) groups excluding carboxylic acids is 1. The topological polar surface area (TPSA) is 59.8 Å². The lowest BCUT2D eigenvalue weighted by atomic mass is 10.1. The molecule has 5 nitrogen and oxygen atoms in total. The molecule has 0 bridgehead atoms. The third-order valence-corrected chi connectivity index (χ3v) is 4.53. The van der Waals surface area contributed by atoms with Gasteiger partial charge in [-0.25, -0.2) is 0 Å². The third-order valence-electron chi connectivity index (χ3n) is 3.56. The molecule has 128 valence electrons. The molecule has 1 N–H and O–H groups in total. The molecule has 24 heavy (non-hydrogen) atoms. The number of rotatable bonds is 7. The zero-order valence-corrected chi connectivity index (χ0v) is 15.5. The van der Waals surface area contributed by atoms with Crippen molar-refractivity contribution in [3.63, 3.8) is 0 Å². The Morgan fingerprint density at radius 2 is 2.12 bits per heavy atom. The van der Waals surface area contributed by atoms with Crippen LogP contribution < -0.4 is 5.32 Å². The molecule has 0 saturated carbocycles. The number of aromatic nitrogens is 3. The molecule has 2 rings (SSSR count). The van der Waals surface area contributed by atoms with Gasteiger partial charge in [0.15, 0.2) is 5.16 Å². The van der Waals surface area contributed by atoms with Gasteiger partial charge in [-0.2, -0.15) is 0 Å². The zero-order chi connectivity index (χ0) is 17.7. The van der Waals surface area contributed by atoms with Gasteiger partial charge in [0.1, 0.15) is 5.82 Å². The zero-order valence-electron chi connectivity index (χ0n) is 14.7. The van der Waals surface area contributed by atoms with E-state index in [-0.39, 0.29) is 11.8 Å². The Labute approximate surface area is 147 Å². The summed E-state index contributed by atoms with van der Waals surface area (Å²) in [5.41, 5.74) is 3.09. The number of thioether (sulfide) groups is 1. The van der Waals surface area contributed by atoms with Crippen LogP contribution in [0.25, 0.3) is 0 Å². The van der Waals surface area contributed by atoms with Crippen LogP contribution in [0.4, 0.5) is 5.69 Å². The largest absolute Gasteiger partial charge is 0.325 e. The highest BCUT2D eigenvalue weighted by molar-refractivity contribution is 7.99. The first-order valence-corrected chi connectivity index (χ1v) is 8.94. The Morgan fingerprint density at radius 1 is 1.38 bits per heavy atom. The SMILES string of the molecule is C=CCn1c(SCC(=O)Nc2ccc(C)cc2C)nnc1C(C)C. The van der Waals surface area contributed by atoms with Gasteiger partial charge in [0.25, 0.3) is 0 Å². The van der Waals surface area contributed by atoms with E-state index in [1.165, 1.54) is 17.3 Å². The van der Waals surface area contributed by atoms with Crippen LogP contribution >= 0.6 is 11.8 Å². The van der Waals surface area contributed by atoms with Gasteiger partial charge in [0.05, 0.1) is 5.75 Å². The number of anilines is 1. The summed E-state index contributed by atoms with van der Waals surface area (Å²) in [6.45, 7) is 12.6. The molecule has 0 aliphatic heterocycles. The average molecular weight is 344 g/mol. The van der Waals surface area contributed by atoms with Gasteiger partial charge in [-0.15, -0.1) is 16.8 Å². The number of amides is 1. The van der Waals surface area contributed by atoms with Crippen molar-refractivity contribution in [2.75, 3.05) is 11.1 Å². The summed E-state index contributed by atoms with van der Waals surface area (Å²) in [5.74, 6) is 1.43. The van der Waals surface area contributed by atoms with Crippen molar-refractivity contribution in [1.82, 2.24) is 14.8 Å². The summed E-state index contributed by atoms with van der Waals surface area (Å²) >= 11 is 1.39. The average Bonchev–Trinajstić information content (AvgIpc) is 2.91. The molecular weight excluding hydrogens is 320 g/mol. The predicted molar refractivity (Wildman–Crippen MR) is 99.6 cm³/mol. The number of hydrogen-bond acceptors (Lipinski definition) is 4. The first-order valence-electron chi connectivity index (χ1n) is 7.96. The predicted octanol–water partition coefficient (Wildman–Crippen LogP) is 3.94. The molecule has 1 heterocycles. The van der Waals surface area contributed by atoms with Crippen LogP contribution in [0.15, 0.2) is 36.0 Å². The van der Waals surface area contributed by atoms with Crippen LogP contribution in [0.1, 0.15) is 36.7 Å². The standard InChI is InChI=1S/C18H24N4OS/c1-6-9-22-17(12(2)3)20-21-18(22)24-11-16(23)19-15-8-7-13(4)10-14(15)5/h6-8,10,12H,1,9,11H2,2-5H3,(H,19,23). The Balaban J connectivity index is 2.02. The molecule has 0 aliphatic carbocycles. The molecular formula is C18H24N4OS. The number of carbonyl (C=O) groups is 1. The van der Waals surface area contributed by atoms with E-state index in [2.05, 4.69) is 42.0 Å². The summed E-state index contributed by atoms with van der Waals surface area (Å²) in [6, 6.07) is 5.98. The van der Waals surface area contributed by atoms with E-state index in [0.717, 1.165) is 22.2 Å².